The Morgan fingerprint density at radius 3 is 2.46 bits per heavy atom. The molecule has 3 rings (SSSR count). The summed E-state index contributed by atoms with van der Waals surface area (Å²) in [6.07, 6.45) is 2.07. The Morgan fingerprint density at radius 1 is 0.958 bits per heavy atom. The third-order valence-corrected chi connectivity index (χ3v) is 4.30. The van der Waals surface area contributed by atoms with E-state index in [2.05, 4.69) is 51.1 Å². The Labute approximate surface area is 146 Å². The van der Waals surface area contributed by atoms with Gasteiger partial charge in [-0.05, 0) is 25.3 Å². The van der Waals surface area contributed by atoms with E-state index in [0.717, 1.165) is 29.3 Å². The molecule has 1 aromatic heterocycles. The monoisotopic (exact) mass is 336 g/mol. The molecule has 24 heavy (non-hydrogen) atoms. The molecule has 0 aliphatic carbocycles. The van der Waals surface area contributed by atoms with E-state index in [9.17, 15) is 0 Å². The lowest BCUT2D eigenvalue weighted by molar-refractivity contribution is 1.09. The minimum absolute atomic E-state index is 0.628. The molecule has 0 unspecified atom stereocenters. The average Bonchev–Trinajstić information content (AvgIpc) is 2.63. The second-order valence-electron chi connectivity index (χ2n) is 5.18. The summed E-state index contributed by atoms with van der Waals surface area (Å²) >= 11 is 1.71. The Hall–Kier alpha value is -2.53. The Kier molecular flexibility index (Phi) is 5.33. The molecule has 0 amide bonds. The van der Waals surface area contributed by atoms with Gasteiger partial charge in [-0.1, -0.05) is 42.5 Å². The zero-order chi connectivity index (χ0) is 16.8. The molecule has 0 atom stereocenters. The summed E-state index contributed by atoms with van der Waals surface area (Å²) in [5, 5.41) is 6.63. The van der Waals surface area contributed by atoms with E-state index in [4.69, 9.17) is 0 Å². The third kappa shape index (κ3) is 3.86. The number of hydrogen-bond donors (Lipinski definition) is 2. The molecule has 3 aromatic rings. The van der Waals surface area contributed by atoms with E-state index in [0.29, 0.717) is 5.95 Å². The lowest BCUT2D eigenvalue weighted by atomic mass is 10.1. The van der Waals surface area contributed by atoms with Crippen LogP contribution in [0.25, 0.3) is 11.3 Å². The molecule has 0 spiro atoms. The molecule has 0 saturated carbocycles. The zero-order valence-corrected chi connectivity index (χ0v) is 14.6. The summed E-state index contributed by atoms with van der Waals surface area (Å²) in [4.78, 5) is 10.4. The molecular weight excluding hydrogens is 316 g/mol. The van der Waals surface area contributed by atoms with Crippen LogP contribution in [0, 0.1) is 0 Å². The van der Waals surface area contributed by atoms with E-state index in [1.807, 2.05) is 43.3 Å². The highest BCUT2D eigenvalue weighted by Gasteiger charge is 2.08. The van der Waals surface area contributed by atoms with Crippen molar-refractivity contribution in [2.45, 2.75) is 11.8 Å². The van der Waals surface area contributed by atoms with Crippen molar-refractivity contribution in [3.8, 4) is 11.3 Å². The lowest BCUT2D eigenvalue weighted by Gasteiger charge is -2.12. The first-order chi connectivity index (χ1) is 11.8. The number of nitrogens with one attached hydrogen (secondary N) is 2. The van der Waals surface area contributed by atoms with Crippen molar-refractivity contribution in [2.24, 2.45) is 0 Å². The van der Waals surface area contributed by atoms with Crippen molar-refractivity contribution in [1.82, 2.24) is 9.97 Å². The number of thioether (sulfide) groups is 1. The summed E-state index contributed by atoms with van der Waals surface area (Å²) < 4.78 is 0. The molecule has 5 heteroatoms. The van der Waals surface area contributed by atoms with Crippen molar-refractivity contribution in [3.05, 3.63) is 60.7 Å². The maximum Gasteiger partial charge on any atom is 0.225 e. The van der Waals surface area contributed by atoms with Gasteiger partial charge in [-0.15, -0.1) is 11.8 Å². The van der Waals surface area contributed by atoms with Crippen LogP contribution in [0.4, 0.5) is 17.5 Å². The second kappa shape index (κ2) is 7.84. The molecule has 0 bridgehead atoms. The molecule has 0 aliphatic rings. The van der Waals surface area contributed by atoms with E-state index >= 15 is 0 Å². The van der Waals surface area contributed by atoms with Gasteiger partial charge < -0.3 is 10.6 Å². The molecule has 0 radical (unpaired) electrons. The number of nitrogens with zero attached hydrogens (tertiary/aromatic N) is 2. The SMILES string of the molecule is CCNc1nc(Nc2ccccc2SC)cc(-c2ccccc2)n1. The van der Waals surface area contributed by atoms with Gasteiger partial charge in [-0.2, -0.15) is 4.98 Å². The maximum absolute atomic E-state index is 4.61. The van der Waals surface area contributed by atoms with Gasteiger partial charge in [0.05, 0.1) is 11.4 Å². The number of rotatable bonds is 6. The van der Waals surface area contributed by atoms with Crippen molar-refractivity contribution in [3.63, 3.8) is 0 Å². The van der Waals surface area contributed by atoms with E-state index in [1.165, 1.54) is 4.90 Å². The van der Waals surface area contributed by atoms with Crippen LogP contribution in [0.5, 0.6) is 0 Å². The smallest absolute Gasteiger partial charge is 0.225 e. The summed E-state index contributed by atoms with van der Waals surface area (Å²) in [7, 11) is 0. The maximum atomic E-state index is 4.61. The second-order valence-corrected chi connectivity index (χ2v) is 6.03. The Bertz CT molecular complexity index is 805. The first-order valence-corrected chi connectivity index (χ1v) is 9.11. The number of benzene rings is 2. The quantitative estimate of drug-likeness (QED) is 0.618. The minimum Gasteiger partial charge on any atom is -0.354 e. The molecule has 0 saturated heterocycles. The van der Waals surface area contributed by atoms with Crippen molar-refractivity contribution < 1.29 is 0 Å². The van der Waals surface area contributed by atoms with Crippen LogP contribution < -0.4 is 10.6 Å². The van der Waals surface area contributed by atoms with Crippen LogP contribution in [0.3, 0.4) is 0 Å². The number of aromatic nitrogens is 2. The fourth-order valence-electron chi connectivity index (χ4n) is 2.39. The molecule has 0 aliphatic heterocycles. The fourth-order valence-corrected chi connectivity index (χ4v) is 2.94. The highest BCUT2D eigenvalue weighted by Crippen LogP contribution is 2.29. The van der Waals surface area contributed by atoms with Gasteiger partial charge in [0.2, 0.25) is 5.95 Å². The molecule has 2 aromatic carbocycles. The van der Waals surface area contributed by atoms with Gasteiger partial charge in [0.15, 0.2) is 0 Å². The standard InChI is InChI=1S/C19H20N4S/c1-3-20-19-22-16(14-9-5-4-6-10-14)13-18(23-19)21-15-11-7-8-12-17(15)24-2/h4-13H,3H2,1-2H3,(H2,20,21,22,23). The van der Waals surface area contributed by atoms with Crippen LogP contribution in [0.2, 0.25) is 0 Å². The van der Waals surface area contributed by atoms with Crippen LogP contribution in [0.1, 0.15) is 6.92 Å². The highest BCUT2D eigenvalue weighted by molar-refractivity contribution is 7.98. The normalized spacial score (nSPS) is 10.4. The van der Waals surface area contributed by atoms with Crippen LogP contribution >= 0.6 is 11.8 Å². The van der Waals surface area contributed by atoms with Gasteiger partial charge in [-0.25, -0.2) is 4.98 Å². The van der Waals surface area contributed by atoms with Crippen molar-refractivity contribution in [1.29, 1.82) is 0 Å². The van der Waals surface area contributed by atoms with Gasteiger partial charge in [0.1, 0.15) is 5.82 Å². The number of anilines is 3. The lowest BCUT2D eigenvalue weighted by Crippen LogP contribution is -2.05. The van der Waals surface area contributed by atoms with Crippen molar-refractivity contribution in [2.75, 3.05) is 23.4 Å². The van der Waals surface area contributed by atoms with E-state index in [-0.39, 0.29) is 0 Å². The van der Waals surface area contributed by atoms with Crippen LogP contribution in [-0.2, 0) is 0 Å². The fraction of sp³-hybridized carbons (Fsp3) is 0.158. The predicted octanol–water partition coefficient (Wildman–Crippen LogP) is 5.04. The summed E-state index contributed by atoms with van der Waals surface area (Å²) in [6.45, 7) is 2.81. The molecule has 122 valence electrons. The molecule has 4 nitrogen and oxygen atoms in total. The largest absolute Gasteiger partial charge is 0.354 e. The van der Waals surface area contributed by atoms with Gasteiger partial charge in [0.25, 0.3) is 0 Å². The first kappa shape index (κ1) is 16.3. The molecule has 0 fully saturated rings. The van der Waals surface area contributed by atoms with Gasteiger partial charge in [0, 0.05) is 23.1 Å². The molecule has 1 heterocycles. The summed E-state index contributed by atoms with van der Waals surface area (Å²) in [6, 6.07) is 20.3. The average molecular weight is 336 g/mol. The first-order valence-electron chi connectivity index (χ1n) is 7.88. The van der Waals surface area contributed by atoms with Gasteiger partial charge in [-0.3, -0.25) is 0 Å². The van der Waals surface area contributed by atoms with Crippen LogP contribution in [-0.4, -0.2) is 22.8 Å². The summed E-state index contributed by atoms with van der Waals surface area (Å²) in [5.74, 6) is 1.41. The predicted molar refractivity (Wildman–Crippen MR) is 103 cm³/mol. The van der Waals surface area contributed by atoms with Crippen molar-refractivity contribution >= 4 is 29.2 Å². The molecular formula is C19H20N4S. The highest BCUT2D eigenvalue weighted by atomic mass is 32.2. The number of para-hydroxylation sites is 1. The van der Waals surface area contributed by atoms with Gasteiger partial charge >= 0.3 is 0 Å². The topological polar surface area (TPSA) is 49.8 Å². The third-order valence-electron chi connectivity index (χ3n) is 3.50. The van der Waals surface area contributed by atoms with Crippen LogP contribution in [0.15, 0.2) is 65.6 Å². The number of hydrogen-bond acceptors (Lipinski definition) is 5. The zero-order valence-electron chi connectivity index (χ0n) is 13.8. The minimum atomic E-state index is 0.628. The Morgan fingerprint density at radius 2 is 1.71 bits per heavy atom. The molecule has 2 N–H and O–H groups in total. The Balaban J connectivity index is 1.99. The van der Waals surface area contributed by atoms with E-state index < -0.39 is 0 Å². The van der Waals surface area contributed by atoms with E-state index in [1.54, 1.807) is 11.8 Å². The summed E-state index contributed by atoms with van der Waals surface area (Å²) in [5.41, 5.74) is 3.01.